The van der Waals surface area contributed by atoms with E-state index in [-0.39, 0.29) is 23.5 Å². The Bertz CT molecular complexity index is 1020. The highest BCUT2D eigenvalue weighted by Gasteiger charge is 2.21. The van der Waals surface area contributed by atoms with Gasteiger partial charge in [0.15, 0.2) is 5.65 Å². The summed E-state index contributed by atoms with van der Waals surface area (Å²) in [5.41, 5.74) is 2.35. The van der Waals surface area contributed by atoms with Crippen LogP contribution in [0.4, 0.5) is 4.39 Å². The fourth-order valence-electron chi connectivity index (χ4n) is 3.23. The molecule has 0 unspecified atom stereocenters. The van der Waals surface area contributed by atoms with Gasteiger partial charge in [0.2, 0.25) is 0 Å². The Morgan fingerprint density at radius 2 is 2.08 bits per heavy atom. The molecule has 0 bridgehead atoms. The van der Waals surface area contributed by atoms with Crippen LogP contribution < -0.4 is 10.9 Å². The lowest BCUT2D eigenvalue weighted by Gasteiger charge is -2.13. The maximum Gasteiger partial charge on any atom is 0.276 e. The smallest absolute Gasteiger partial charge is 0.276 e. The van der Waals surface area contributed by atoms with E-state index in [0.717, 1.165) is 36.9 Å². The van der Waals surface area contributed by atoms with Gasteiger partial charge in [-0.3, -0.25) is 14.7 Å². The van der Waals surface area contributed by atoms with Gasteiger partial charge < -0.3 is 5.32 Å². The molecule has 4 rings (SSSR count). The average molecular weight is 340 g/mol. The van der Waals surface area contributed by atoms with E-state index in [4.69, 9.17) is 0 Å². The molecule has 7 heteroatoms. The minimum Gasteiger partial charge on any atom is -0.348 e. The normalized spacial score (nSPS) is 13.6. The highest BCUT2D eigenvalue weighted by Crippen LogP contribution is 2.18. The summed E-state index contributed by atoms with van der Waals surface area (Å²) in [7, 11) is 0. The van der Waals surface area contributed by atoms with Crippen LogP contribution in [0.15, 0.2) is 35.3 Å². The summed E-state index contributed by atoms with van der Waals surface area (Å²) in [6, 6.07) is 6.27. The second-order valence-electron chi connectivity index (χ2n) is 6.17. The average Bonchev–Trinajstić information content (AvgIpc) is 3.05. The van der Waals surface area contributed by atoms with Crippen LogP contribution in [-0.4, -0.2) is 20.5 Å². The number of hydrogen-bond donors (Lipinski definition) is 2. The van der Waals surface area contributed by atoms with Crippen molar-refractivity contribution in [3.63, 3.8) is 0 Å². The summed E-state index contributed by atoms with van der Waals surface area (Å²) in [5, 5.41) is 5.48. The molecule has 0 fully saturated rings. The van der Waals surface area contributed by atoms with Gasteiger partial charge >= 0.3 is 0 Å². The summed E-state index contributed by atoms with van der Waals surface area (Å²) in [6.07, 6.45) is 4.91. The number of carbonyl (C=O) groups excluding carboxylic acids is 1. The van der Waals surface area contributed by atoms with E-state index in [1.54, 1.807) is 18.2 Å². The number of amides is 1. The molecular formula is C18H17FN4O2. The molecule has 1 aromatic carbocycles. The molecule has 0 radical (unpaired) electrons. The maximum absolute atomic E-state index is 13.7. The second kappa shape index (κ2) is 6.16. The minimum atomic E-state index is -0.398. The van der Waals surface area contributed by atoms with Crippen LogP contribution in [0.2, 0.25) is 0 Å². The summed E-state index contributed by atoms with van der Waals surface area (Å²) in [4.78, 5) is 29.5. The third kappa shape index (κ3) is 2.71. The van der Waals surface area contributed by atoms with Crippen LogP contribution in [0.1, 0.15) is 40.0 Å². The second-order valence-corrected chi connectivity index (χ2v) is 6.17. The van der Waals surface area contributed by atoms with Gasteiger partial charge in [0.1, 0.15) is 11.4 Å². The molecule has 2 heterocycles. The molecule has 128 valence electrons. The van der Waals surface area contributed by atoms with Crippen molar-refractivity contribution in [2.75, 3.05) is 0 Å². The molecule has 0 atom stereocenters. The van der Waals surface area contributed by atoms with E-state index in [0.29, 0.717) is 11.2 Å². The zero-order valence-corrected chi connectivity index (χ0v) is 13.5. The fraction of sp³-hybridized carbons (Fsp3) is 0.278. The molecule has 1 aliphatic carbocycles. The van der Waals surface area contributed by atoms with E-state index in [9.17, 15) is 14.0 Å². The van der Waals surface area contributed by atoms with Crippen LogP contribution in [0.3, 0.4) is 0 Å². The molecule has 0 spiro atoms. The van der Waals surface area contributed by atoms with Crippen molar-refractivity contribution >= 4 is 11.6 Å². The van der Waals surface area contributed by atoms with E-state index < -0.39 is 5.91 Å². The summed E-state index contributed by atoms with van der Waals surface area (Å²) < 4.78 is 15.0. The molecule has 2 aromatic heterocycles. The topological polar surface area (TPSA) is 79.3 Å². The Hall–Kier alpha value is -2.96. The lowest BCUT2D eigenvalue weighted by atomic mass is 9.97. The number of rotatable bonds is 3. The Morgan fingerprint density at radius 3 is 2.92 bits per heavy atom. The first-order valence-electron chi connectivity index (χ1n) is 8.28. The summed E-state index contributed by atoms with van der Waals surface area (Å²) >= 11 is 0. The number of carbonyl (C=O) groups is 1. The van der Waals surface area contributed by atoms with Crippen molar-refractivity contribution < 1.29 is 9.18 Å². The van der Waals surface area contributed by atoms with E-state index in [1.807, 2.05) is 0 Å². The Kier molecular flexibility index (Phi) is 3.83. The lowest BCUT2D eigenvalue weighted by molar-refractivity contribution is 0.0952. The maximum atomic E-state index is 13.7. The van der Waals surface area contributed by atoms with Gasteiger partial charge in [-0.05, 0) is 31.7 Å². The fourth-order valence-corrected chi connectivity index (χ4v) is 3.23. The molecular weight excluding hydrogens is 323 g/mol. The molecule has 0 aliphatic heterocycles. The first-order chi connectivity index (χ1) is 12.1. The van der Waals surface area contributed by atoms with Gasteiger partial charge in [-0.1, -0.05) is 18.2 Å². The highest BCUT2D eigenvalue weighted by molar-refractivity contribution is 5.99. The third-order valence-corrected chi connectivity index (χ3v) is 4.57. The van der Waals surface area contributed by atoms with Crippen molar-refractivity contribution in [1.82, 2.24) is 19.9 Å². The number of aromatic nitrogens is 3. The van der Waals surface area contributed by atoms with Gasteiger partial charge in [-0.15, -0.1) is 0 Å². The number of fused-ring (bicyclic) bond motifs is 2. The first kappa shape index (κ1) is 15.6. The number of aryl methyl sites for hydroxylation is 1. The van der Waals surface area contributed by atoms with Gasteiger partial charge in [-0.25, -0.2) is 13.9 Å². The number of H-pyrrole nitrogens is 1. The van der Waals surface area contributed by atoms with Crippen molar-refractivity contribution in [3.05, 3.63) is 69.0 Å². The highest BCUT2D eigenvalue weighted by atomic mass is 19.1. The SMILES string of the molecule is O=C(NCc1ccccc1F)c1c[nH]n2c(=O)c3c(nc12)CCCC3. The Morgan fingerprint density at radius 1 is 1.28 bits per heavy atom. The van der Waals surface area contributed by atoms with Crippen LogP contribution in [0.5, 0.6) is 0 Å². The predicted octanol–water partition coefficient (Wildman–Crippen LogP) is 1.97. The summed E-state index contributed by atoms with van der Waals surface area (Å²) in [5.74, 6) is -0.769. The van der Waals surface area contributed by atoms with Crippen LogP contribution in [-0.2, 0) is 19.4 Å². The van der Waals surface area contributed by atoms with Crippen molar-refractivity contribution in [3.8, 4) is 0 Å². The van der Waals surface area contributed by atoms with E-state index >= 15 is 0 Å². The number of hydrogen-bond acceptors (Lipinski definition) is 3. The number of benzene rings is 1. The monoisotopic (exact) mass is 340 g/mol. The van der Waals surface area contributed by atoms with Crippen molar-refractivity contribution in [2.24, 2.45) is 0 Å². The molecule has 0 saturated carbocycles. The molecule has 25 heavy (non-hydrogen) atoms. The van der Waals surface area contributed by atoms with Gasteiger partial charge in [0.25, 0.3) is 11.5 Å². The standard InChI is InChI=1S/C18H17FN4O2/c19-14-7-3-1-5-11(14)9-20-17(24)13-10-21-23-16(13)22-15-8-4-2-6-12(15)18(23)25/h1,3,5,7,10,21H,2,4,6,8-9H2,(H,20,24). The van der Waals surface area contributed by atoms with Crippen molar-refractivity contribution in [2.45, 2.75) is 32.2 Å². The third-order valence-electron chi connectivity index (χ3n) is 4.57. The first-order valence-corrected chi connectivity index (χ1v) is 8.28. The van der Waals surface area contributed by atoms with Gasteiger partial charge in [0.05, 0.1) is 5.69 Å². The number of nitrogens with zero attached hydrogens (tertiary/aromatic N) is 2. The quantitative estimate of drug-likeness (QED) is 0.765. The summed E-state index contributed by atoms with van der Waals surface area (Å²) in [6.45, 7) is 0.0675. The number of halogens is 1. The van der Waals surface area contributed by atoms with Gasteiger partial charge in [0, 0.05) is 23.9 Å². The van der Waals surface area contributed by atoms with Crippen LogP contribution in [0.25, 0.3) is 5.65 Å². The zero-order chi connectivity index (χ0) is 17.4. The van der Waals surface area contributed by atoms with E-state index in [1.165, 1.54) is 16.8 Å². The van der Waals surface area contributed by atoms with E-state index in [2.05, 4.69) is 15.4 Å². The van der Waals surface area contributed by atoms with Gasteiger partial charge in [-0.2, -0.15) is 0 Å². The molecule has 1 aliphatic rings. The van der Waals surface area contributed by atoms with Crippen LogP contribution in [0, 0.1) is 5.82 Å². The minimum absolute atomic E-state index is 0.0675. The molecule has 1 amide bonds. The largest absolute Gasteiger partial charge is 0.348 e. The predicted molar refractivity (Wildman–Crippen MR) is 90.0 cm³/mol. The Balaban J connectivity index is 1.65. The molecule has 6 nitrogen and oxygen atoms in total. The van der Waals surface area contributed by atoms with Crippen molar-refractivity contribution in [1.29, 1.82) is 0 Å². The Labute approximate surface area is 142 Å². The number of nitrogens with one attached hydrogen (secondary N) is 2. The molecule has 0 saturated heterocycles. The zero-order valence-electron chi connectivity index (χ0n) is 13.5. The lowest BCUT2D eigenvalue weighted by Crippen LogP contribution is -2.27. The van der Waals surface area contributed by atoms with Crippen LogP contribution >= 0.6 is 0 Å². The molecule has 3 aromatic rings. The number of aromatic amines is 1. The molecule has 2 N–H and O–H groups in total.